The molecule has 2 unspecified atom stereocenters. The molecule has 0 spiro atoms. The van der Waals surface area contributed by atoms with Gasteiger partial charge in [-0.25, -0.2) is 14.5 Å². The monoisotopic (exact) mass is 554 g/mol. The second-order valence-electron chi connectivity index (χ2n) is 10.4. The first-order chi connectivity index (χ1) is 20.2. The quantitative estimate of drug-likeness (QED) is 0.382. The van der Waals surface area contributed by atoms with E-state index in [0.717, 1.165) is 68.4 Å². The van der Waals surface area contributed by atoms with Crippen LogP contribution >= 0.6 is 0 Å². The van der Waals surface area contributed by atoms with Gasteiger partial charge in [0.2, 0.25) is 5.88 Å². The molecule has 11 nitrogen and oxygen atoms in total. The smallest absolute Gasteiger partial charge is 0.212 e. The van der Waals surface area contributed by atoms with Gasteiger partial charge < -0.3 is 24.4 Å². The van der Waals surface area contributed by atoms with Crippen molar-refractivity contribution < 1.29 is 14.2 Å². The number of hydrogen-bond acceptors (Lipinski definition) is 10. The van der Waals surface area contributed by atoms with Crippen molar-refractivity contribution in [2.75, 3.05) is 58.5 Å². The number of anilines is 1. The molecule has 4 aromatic rings. The summed E-state index contributed by atoms with van der Waals surface area (Å²) in [6.45, 7) is 6.65. The van der Waals surface area contributed by atoms with Crippen molar-refractivity contribution in [1.82, 2.24) is 29.8 Å². The summed E-state index contributed by atoms with van der Waals surface area (Å²) in [5.41, 5.74) is 4.28. The largest absolute Gasteiger partial charge is 0.495 e. The zero-order valence-corrected chi connectivity index (χ0v) is 23.4. The highest BCUT2D eigenvalue weighted by molar-refractivity contribution is 5.85. The van der Waals surface area contributed by atoms with Crippen LogP contribution in [0.1, 0.15) is 17.5 Å². The molecule has 8 rings (SSSR count). The minimum Gasteiger partial charge on any atom is -0.495 e. The Hall–Kier alpha value is -4.24. The Bertz CT molecular complexity index is 1490. The van der Waals surface area contributed by atoms with Crippen LogP contribution in [0.15, 0.2) is 55.1 Å². The maximum absolute atomic E-state index is 9.53. The maximum atomic E-state index is 9.53. The lowest BCUT2D eigenvalue weighted by Crippen LogP contribution is -2.68. The summed E-state index contributed by atoms with van der Waals surface area (Å²) in [7, 11) is 3.26. The van der Waals surface area contributed by atoms with Gasteiger partial charge in [-0.15, -0.1) is 0 Å². The summed E-state index contributed by atoms with van der Waals surface area (Å²) in [5.74, 6) is 2.29. The van der Waals surface area contributed by atoms with Crippen LogP contribution in [0.5, 0.6) is 11.6 Å². The number of pyridine rings is 3. The number of piperidine rings is 1. The van der Waals surface area contributed by atoms with E-state index in [1.165, 1.54) is 12.0 Å². The van der Waals surface area contributed by atoms with Gasteiger partial charge in [-0.1, -0.05) is 6.07 Å². The zero-order valence-electron chi connectivity index (χ0n) is 23.4. The van der Waals surface area contributed by atoms with Gasteiger partial charge >= 0.3 is 0 Å². The Kier molecular flexibility index (Phi) is 7.95. The van der Waals surface area contributed by atoms with Gasteiger partial charge in [0.15, 0.2) is 0 Å². The summed E-state index contributed by atoms with van der Waals surface area (Å²) in [6, 6.07) is 13.3. The van der Waals surface area contributed by atoms with E-state index in [2.05, 4.69) is 49.5 Å². The van der Waals surface area contributed by atoms with Crippen LogP contribution in [0.3, 0.4) is 0 Å². The van der Waals surface area contributed by atoms with E-state index in [1.807, 2.05) is 24.5 Å². The number of ether oxygens (including phenoxy) is 3. The molecule has 11 heteroatoms. The minimum atomic E-state index is 0.514. The molecule has 0 radical (unpaired) electrons. The molecule has 2 bridgehead atoms. The van der Waals surface area contributed by atoms with Crippen molar-refractivity contribution in [3.63, 3.8) is 0 Å². The first-order valence-electron chi connectivity index (χ1n) is 13.9. The van der Waals surface area contributed by atoms with Crippen molar-refractivity contribution in [2.45, 2.75) is 25.0 Å². The van der Waals surface area contributed by atoms with Crippen molar-refractivity contribution in [3.8, 4) is 28.8 Å². The maximum Gasteiger partial charge on any atom is 0.212 e. The van der Waals surface area contributed by atoms with Crippen molar-refractivity contribution in [2.24, 2.45) is 0 Å². The van der Waals surface area contributed by atoms with Gasteiger partial charge in [0.25, 0.3) is 0 Å². The Morgan fingerprint density at radius 3 is 2.44 bits per heavy atom. The summed E-state index contributed by atoms with van der Waals surface area (Å²) >= 11 is 0. The van der Waals surface area contributed by atoms with E-state index < -0.39 is 0 Å². The molecule has 4 fully saturated rings. The second-order valence-corrected chi connectivity index (χ2v) is 10.4. The molecule has 41 heavy (non-hydrogen) atoms. The SMILES string of the molecule is C1COCCN1.COc1cc(-c2ccc(N3CC4CC(C3)N4Cc3ccc(OC)nc3)nc2)c2c(C#N)cnn2c1. The van der Waals surface area contributed by atoms with Gasteiger partial charge in [0.1, 0.15) is 17.6 Å². The van der Waals surface area contributed by atoms with Crippen LogP contribution in [-0.2, 0) is 11.3 Å². The topological polar surface area (TPSA) is 113 Å². The summed E-state index contributed by atoms with van der Waals surface area (Å²) in [4.78, 5) is 14.1. The highest BCUT2D eigenvalue weighted by Gasteiger charge is 2.44. The average Bonchev–Trinajstić information content (AvgIpc) is 3.48. The van der Waals surface area contributed by atoms with Gasteiger partial charge in [0, 0.05) is 74.4 Å². The standard InChI is InChI=1S/C26H25N7O2.C4H9NO/c1-34-22-8-23(26-19(9-27)12-30-33(26)16-22)18-4-5-24(28-11-18)31-14-20-7-21(15-31)32(20)13-17-3-6-25(35-2)29-10-17;1-3-6-4-2-5-1/h3-6,8,10-12,16,20-21H,7,13-15H2,1-2H3;5H,1-4H2. The minimum absolute atomic E-state index is 0.514. The predicted octanol–water partition coefficient (Wildman–Crippen LogP) is 2.75. The third-order valence-corrected chi connectivity index (χ3v) is 7.89. The Morgan fingerprint density at radius 2 is 1.85 bits per heavy atom. The summed E-state index contributed by atoms with van der Waals surface area (Å²) in [6.07, 6.45) is 8.35. The fourth-order valence-corrected chi connectivity index (χ4v) is 5.73. The molecular weight excluding hydrogens is 520 g/mol. The number of methoxy groups -OCH3 is 2. The average molecular weight is 555 g/mol. The number of fused-ring (bicyclic) bond motifs is 3. The highest BCUT2D eigenvalue weighted by Crippen LogP contribution is 2.36. The fourth-order valence-electron chi connectivity index (χ4n) is 5.73. The van der Waals surface area contributed by atoms with Gasteiger partial charge in [0.05, 0.1) is 50.9 Å². The zero-order chi connectivity index (χ0) is 28.2. The third-order valence-electron chi connectivity index (χ3n) is 7.89. The third kappa shape index (κ3) is 5.67. The molecule has 8 heterocycles. The van der Waals surface area contributed by atoms with Crippen molar-refractivity contribution in [1.29, 1.82) is 5.26 Å². The van der Waals surface area contributed by atoms with Crippen LogP contribution < -0.4 is 19.7 Å². The number of piperazine rings is 1. The normalized spacial score (nSPS) is 20.0. The lowest BCUT2D eigenvalue weighted by Gasteiger charge is -2.56. The molecule has 0 aliphatic carbocycles. The van der Waals surface area contributed by atoms with Crippen LogP contribution in [0.2, 0.25) is 0 Å². The first kappa shape index (κ1) is 27.0. The fraction of sp³-hybridized carbons (Fsp3) is 0.400. The van der Waals surface area contributed by atoms with Crippen LogP contribution in [-0.4, -0.2) is 90.2 Å². The number of aromatic nitrogens is 4. The number of nitriles is 1. The van der Waals surface area contributed by atoms with Crippen LogP contribution in [0, 0.1) is 11.3 Å². The first-order valence-corrected chi connectivity index (χ1v) is 13.9. The predicted molar refractivity (Wildman–Crippen MR) is 154 cm³/mol. The lowest BCUT2D eigenvalue weighted by molar-refractivity contribution is -0.00876. The number of nitrogens with one attached hydrogen (secondary N) is 1. The van der Waals surface area contributed by atoms with Crippen molar-refractivity contribution >= 4 is 11.3 Å². The molecule has 4 aliphatic rings. The molecule has 1 N–H and O–H groups in total. The van der Waals surface area contributed by atoms with E-state index in [-0.39, 0.29) is 0 Å². The van der Waals surface area contributed by atoms with Gasteiger partial charge in [-0.2, -0.15) is 10.4 Å². The van der Waals surface area contributed by atoms with E-state index in [1.54, 1.807) is 31.1 Å². The lowest BCUT2D eigenvalue weighted by atomic mass is 9.87. The second kappa shape index (κ2) is 12.1. The summed E-state index contributed by atoms with van der Waals surface area (Å²) < 4.78 is 17.3. The van der Waals surface area contributed by atoms with E-state index in [0.29, 0.717) is 29.3 Å². The Balaban J connectivity index is 0.000000449. The summed E-state index contributed by atoms with van der Waals surface area (Å²) in [5, 5.41) is 17.0. The Labute approximate surface area is 239 Å². The number of hydrogen-bond donors (Lipinski definition) is 1. The van der Waals surface area contributed by atoms with E-state index in [4.69, 9.17) is 19.2 Å². The van der Waals surface area contributed by atoms with E-state index in [9.17, 15) is 5.26 Å². The molecule has 212 valence electrons. The van der Waals surface area contributed by atoms with Gasteiger partial charge in [-0.05, 0) is 30.2 Å². The molecule has 4 aliphatic heterocycles. The molecule has 0 aromatic carbocycles. The van der Waals surface area contributed by atoms with E-state index >= 15 is 0 Å². The highest BCUT2D eigenvalue weighted by atomic mass is 16.5. The molecule has 4 saturated heterocycles. The molecule has 0 saturated carbocycles. The van der Waals surface area contributed by atoms with Crippen LogP contribution in [0.4, 0.5) is 5.82 Å². The van der Waals surface area contributed by atoms with Crippen LogP contribution in [0.25, 0.3) is 16.6 Å². The molecule has 2 atom stereocenters. The van der Waals surface area contributed by atoms with Gasteiger partial charge in [-0.3, -0.25) is 4.90 Å². The molecular formula is C30H34N8O3. The number of morpholine rings is 1. The number of nitrogens with zero attached hydrogens (tertiary/aromatic N) is 7. The van der Waals surface area contributed by atoms with Crippen molar-refractivity contribution in [3.05, 3.63) is 66.2 Å². The number of rotatable bonds is 6. The Morgan fingerprint density at radius 1 is 1.02 bits per heavy atom. The molecule has 0 amide bonds. The molecule has 4 aromatic heterocycles.